The second kappa shape index (κ2) is 7.82. The zero-order valence-corrected chi connectivity index (χ0v) is 14.1. The quantitative estimate of drug-likeness (QED) is 0.664. The molecule has 0 bridgehead atoms. The Balaban J connectivity index is 2.36. The van der Waals surface area contributed by atoms with Crippen LogP contribution in [0.1, 0.15) is 51.6 Å². The van der Waals surface area contributed by atoms with E-state index < -0.39 is 0 Å². The van der Waals surface area contributed by atoms with Gasteiger partial charge in [-0.05, 0) is 48.7 Å². The second-order valence-corrected chi connectivity index (χ2v) is 6.57. The Labute approximate surface area is 133 Å². The van der Waals surface area contributed by atoms with Crippen molar-refractivity contribution in [2.45, 2.75) is 46.1 Å². The third-order valence-electron chi connectivity index (χ3n) is 3.95. The molecular formula is C19H26ClN. The molecule has 0 amide bonds. The average molecular weight is 304 g/mol. The molecular weight excluding hydrogens is 278 g/mol. The maximum Gasteiger partial charge on any atom is 0.0484 e. The average Bonchev–Trinajstić information content (AvgIpc) is 2.49. The number of nitrogens with one attached hydrogen (secondary N) is 1. The van der Waals surface area contributed by atoms with Crippen LogP contribution in [0.2, 0.25) is 5.02 Å². The molecule has 0 aliphatic rings. The van der Waals surface area contributed by atoms with Gasteiger partial charge < -0.3 is 5.32 Å². The summed E-state index contributed by atoms with van der Waals surface area (Å²) in [5.41, 5.74) is 1.38. The Morgan fingerprint density at radius 2 is 1.71 bits per heavy atom. The largest absolute Gasteiger partial charge is 0.310 e. The summed E-state index contributed by atoms with van der Waals surface area (Å²) >= 11 is 6.35. The van der Waals surface area contributed by atoms with E-state index >= 15 is 0 Å². The molecule has 1 nitrogen and oxygen atoms in total. The van der Waals surface area contributed by atoms with Crippen LogP contribution in [0.25, 0.3) is 10.8 Å². The van der Waals surface area contributed by atoms with Crippen molar-refractivity contribution >= 4 is 22.4 Å². The van der Waals surface area contributed by atoms with Crippen molar-refractivity contribution in [3.05, 3.63) is 47.0 Å². The van der Waals surface area contributed by atoms with E-state index in [1.807, 2.05) is 6.07 Å². The van der Waals surface area contributed by atoms with E-state index in [-0.39, 0.29) is 0 Å². The highest BCUT2D eigenvalue weighted by atomic mass is 35.5. The van der Waals surface area contributed by atoms with Crippen molar-refractivity contribution in [2.24, 2.45) is 5.92 Å². The van der Waals surface area contributed by atoms with Crippen molar-refractivity contribution < 1.29 is 0 Å². The third-order valence-corrected chi connectivity index (χ3v) is 4.28. The molecule has 1 atom stereocenters. The SMILES string of the molecule is CCCNC(CCC(C)C)c1ccc(Cl)c2ccccc12. The van der Waals surface area contributed by atoms with E-state index in [0.717, 1.165) is 29.3 Å². The zero-order valence-electron chi connectivity index (χ0n) is 13.3. The van der Waals surface area contributed by atoms with Crippen molar-refractivity contribution in [1.82, 2.24) is 5.32 Å². The van der Waals surface area contributed by atoms with Gasteiger partial charge in [0.1, 0.15) is 0 Å². The third kappa shape index (κ3) is 4.21. The molecule has 2 heteroatoms. The van der Waals surface area contributed by atoms with Crippen LogP contribution in [-0.2, 0) is 0 Å². The molecule has 0 saturated carbocycles. The predicted octanol–water partition coefficient (Wildman–Crippen LogP) is 5.97. The van der Waals surface area contributed by atoms with Crippen molar-refractivity contribution in [3.8, 4) is 0 Å². The van der Waals surface area contributed by atoms with Crippen LogP contribution in [0.15, 0.2) is 36.4 Å². The van der Waals surface area contributed by atoms with E-state index in [2.05, 4.69) is 56.4 Å². The summed E-state index contributed by atoms with van der Waals surface area (Å²) in [4.78, 5) is 0. The number of hydrogen-bond acceptors (Lipinski definition) is 1. The van der Waals surface area contributed by atoms with Crippen LogP contribution in [0, 0.1) is 5.92 Å². The summed E-state index contributed by atoms with van der Waals surface area (Å²) in [7, 11) is 0. The molecule has 0 aromatic heterocycles. The molecule has 21 heavy (non-hydrogen) atoms. The van der Waals surface area contributed by atoms with Crippen molar-refractivity contribution in [3.63, 3.8) is 0 Å². The first-order chi connectivity index (χ1) is 10.1. The van der Waals surface area contributed by atoms with Gasteiger partial charge >= 0.3 is 0 Å². The second-order valence-electron chi connectivity index (χ2n) is 6.16. The van der Waals surface area contributed by atoms with Gasteiger partial charge in [0, 0.05) is 16.5 Å². The smallest absolute Gasteiger partial charge is 0.0484 e. The Kier molecular flexibility index (Phi) is 6.08. The Hall–Kier alpha value is -1.05. The zero-order chi connectivity index (χ0) is 15.2. The van der Waals surface area contributed by atoms with Crippen LogP contribution in [-0.4, -0.2) is 6.54 Å². The van der Waals surface area contributed by atoms with Crippen LogP contribution in [0.3, 0.4) is 0 Å². The molecule has 1 N–H and O–H groups in total. The van der Waals surface area contributed by atoms with Gasteiger partial charge in [-0.3, -0.25) is 0 Å². The minimum absolute atomic E-state index is 0.412. The molecule has 0 aliphatic carbocycles. The maximum absolute atomic E-state index is 6.35. The summed E-state index contributed by atoms with van der Waals surface area (Å²) in [6.45, 7) is 7.85. The molecule has 0 radical (unpaired) electrons. The first kappa shape index (κ1) is 16.3. The first-order valence-electron chi connectivity index (χ1n) is 8.04. The van der Waals surface area contributed by atoms with Gasteiger partial charge in [-0.2, -0.15) is 0 Å². The topological polar surface area (TPSA) is 12.0 Å². The van der Waals surface area contributed by atoms with Crippen LogP contribution < -0.4 is 5.32 Å². The lowest BCUT2D eigenvalue weighted by Crippen LogP contribution is -2.22. The summed E-state index contributed by atoms with van der Waals surface area (Å²) in [5, 5.41) is 6.99. The highest BCUT2D eigenvalue weighted by Gasteiger charge is 2.15. The minimum atomic E-state index is 0.412. The van der Waals surface area contributed by atoms with Gasteiger partial charge in [0.25, 0.3) is 0 Å². The molecule has 0 aliphatic heterocycles. The highest BCUT2D eigenvalue weighted by molar-refractivity contribution is 6.35. The van der Waals surface area contributed by atoms with Gasteiger partial charge in [-0.15, -0.1) is 0 Å². The number of hydrogen-bond donors (Lipinski definition) is 1. The van der Waals surface area contributed by atoms with E-state index in [0.29, 0.717) is 6.04 Å². The molecule has 114 valence electrons. The van der Waals surface area contributed by atoms with Crippen molar-refractivity contribution in [2.75, 3.05) is 6.54 Å². The Morgan fingerprint density at radius 3 is 2.38 bits per heavy atom. The fourth-order valence-corrected chi connectivity index (χ4v) is 3.00. The van der Waals surface area contributed by atoms with Gasteiger partial charge in [0.15, 0.2) is 0 Å². The summed E-state index contributed by atoms with van der Waals surface area (Å²) in [6, 6.07) is 13.1. The minimum Gasteiger partial charge on any atom is -0.310 e. The van der Waals surface area contributed by atoms with Crippen molar-refractivity contribution in [1.29, 1.82) is 0 Å². The Bertz CT molecular complexity index is 577. The molecule has 0 heterocycles. The molecule has 2 rings (SSSR count). The van der Waals surface area contributed by atoms with Gasteiger partial charge in [-0.1, -0.05) is 62.7 Å². The fourth-order valence-electron chi connectivity index (χ4n) is 2.78. The maximum atomic E-state index is 6.35. The van der Waals surface area contributed by atoms with E-state index in [1.165, 1.54) is 23.8 Å². The molecule has 0 fully saturated rings. The molecule has 0 saturated heterocycles. The molecule has 2 aromatic rings. The van der Waals surface area contributed by atoms with Gasteiger partial charge in [-0.25, -0.2) is 0 Å². The number of benzene rings is 2. The predicted molar refractivity (Wildman–Crippen MR) is 94.1 cm³/mol. The molecule has 0 spiro atoms. The van der Waals surface area contributed by atoms with E-state index in [9.17, 15) is 0 Å². The Morgan fingerprint density at radius 1 is 1.00 bits per heavy atom. The summed E-state index contributed by atoms with van der Waals surface area (Å²) < 4.78 is 0. The highest BCUT2D eigenvalue weighted by Crippen LogP contribution is 2.32. The lowest BCUT2D eigenvalue weighted by molar-refractivity contribution is 0.442. The van der Waals surface area contributed by atoms with E-state index in [4.69, 9.17) is 11.6 Å². The lowest BCUT2D eigenvalue weighted by atomic mass is 9.93. The van der Waals surface area contributed by atoms with E-state index in [1.54, 1.807) is 0 Å². The summed E-state index contributed by atoms with van der Waals surface area (Å²) in [6.07, 6.45) is 3.56. The van der Waals surface area contributed by atoms with Gasteiger partial charge in [0.2, 0.25) is 0 Å². The number of rotatable bonds is 7. The molecule has 2 aromatic carbocycles. The lowest BCUT2D eigenvalue weighted by Gasteiger charge is -2.22. The van der Waals surface area contributed by atoms with Crippen LogP contribution in [0.4, 0.5) is 0 Å². The molecule has 1 unspecified atom stereocenters. The standard InChI is InChI=1S/C19H26ClN/c1-4-13-21-19(12-9-14(2)3)17-10-11-18(20)16-8-6-5-7-15(16)17/h5-8,10-11,14,19,21H,4,9,12-13H2,1-3H3. The number of fused-ring (bicyclic) bond motifs is 1. The van der Waals surface area contributed by atoms with Crippen LogP contribution in [0.5, 0.6) is 0 Å². The fraction of sp³-hybridized carbons (Fsp3) is 0.474. The van der Waals surface area contributed by atoms with Gasteiger partial charge in [0.05, 0.1) is 0 Å². The summed E-state index contributed by atoms with van der Waals surface area (Å²) in [5.74, 6) is 0.731. The first-order valence-corrected chi connectivity index (χ1v) is 8.41. The monoisotopic (exact) mass is 303 g/mol. The number of halogens is 1. The normalized spacial score (nSPS) is 13.0. The van der Waals surface area contributed by atoms with Crippen LogP contribution >= 0.6 is 11.6 Å².